The van der Waals surface area contributed by atoms with E-state index in [9.17, 15) is 0 Å². The first kappa shape index (κ1) is 19.3. The monoisotopic (exact) mass is 372 g/mol. The van der Waals surface area contributed by atoms with Crippen LogP contribution in [0.5, 0.6) is 0 Å². The van der Waals surface area contributed by atoms with Gasteiger partial charge in [-0.25, -0.2) is 0 Å². The summed E-state index contributed by atoms with van der Waals surface area (Å²) in [7, 11) is 6.37. The zero-order valence-corrected chi connectivity index (χ0v) is 17.6. The second-order valence-corrected chi connectivity index (χ2v) is 7.82. The number of hydrogen-bond acceptors (Lipinski definition) is 0. The summed E-state index contributed by atoms with van der Waals surface area (Å²) >= 11 is 0. The second kappa shape index (κ2) is 7.76. The van der Waals surface area contributed by atoms with Crippen LogP contribution >= 0.6 is 0 Å². The standard InChI is InChI=1S/C28H25B/c1-18-20(3)28(29)21(4)19(2)27(18)26-16-24(22-11-7-5-8-12-22)15-25(17-26)23-13-9-6-10-14-23/h5-17H,1-4H3. The van der Waals surface area contributed by atoms with E-state index < -0.39 is 0 Å². The Labute approximate surface area is 175 Å². The molecule has 4 aromatic rings. The molecule has 0 saturated carbocycles. The first-order valence-corrected chi connectivity index (χ1v) is 10.1. The molecule has 140 valence electrons. The summed E-state index contributed by atoms with van der Waals surface area (Å²) in [5, 5.41) is 0. The Morgan fingerprint density at radius 1 is 0.448 bits per heavy atom. The fraction of sp³-hybridized carbons (Fsp3) is 0.143. The van der Waals surface area contributed by atoms with Gasteiger partial charge in [0.1, 0.15) is 7.85 Å². The average molecular weight is 372 g/mol. The molecule has 4 rings (SSSR count). The quantitative estimate of drug-likeness (QED) is 0.350. The van der Waals surface area contributed by atoms with Gasteiger partial charge in [0.05, 0.1) is 0 Å². The molecule has 29 heavy (non-hydrogen) atoms. The lowest BCUT2D eigenvalue weighted by Gasteiger charge is -2.21. The largest absolute Gasteiger partial charge is 0.114 e. The smallest absolute Gasteiger partial charge is 0.0904 e. The van der Waals surface area contributed by atoms with Gasteiger partial charge in [0.15, 0.2) is 0 Å². The maximum Gasteiger partial charge on any atom is 0.114 e. The summed E-state index contributed by atoms with van der Waals surface area (Å²) < 4.78 is 0. The highest BCUT2D eigenvalue weighted by Gasteiger charge is 2.15. The van der Waals surface area contributed by atoms with Crippen LogP contribution in [0.2, 0.25) is 0 Å². The second-order valence-electron chi connectivity index (χ2n) is 7.82. The number of hydrogen-bond donors (Lipinski definition) is 0. The summed E-state index contributed by atoms with van der Waals surface area (Å²) in [4.78, 5) is 0. The normalized spacial score (nSPS) is 10.9. The Bertz CT molecular complexity index is 1090. The minimum absolute atomic E-state index is 0.909. The van der Waals surface area contributed by atoms with Crippen LogP contribution in [-0.2, 0) is 0 Å². The van der Waals surface area contributed by atoms with E-state index in [0.717, 1.165) is 5.46 Å². The minimum atomic E-state index is 0.909. The predicted molar refractivity (Wildman–Crippen MR) is 127 cm³/mol. The predicted octanol–water partition coefficient (Wildman–Crippen LogP) is 6.72. The van der Waals surface area contributed by atoms with Gasteiger partial charge >= 0.3 is 0 Å². The molecule has 1 heteroatoms. The van der Waals surface area contributed by atoms with Crippen LogP contribution in [0.15, 0.2) is 78.9 Å². The third kappa shape index (κ3) is 3.54. The molecule has 0 bridgehead atoms. The molecule has 0 atom stereocenters. The van der Waals surface area contributed by atoms with Gasteiger partial charge in [-0.3, -0.25) is 0 Å². The van der Waals surface area contributed by atoms with Crippen molar-refractivity contribution in [3.63, 3.8) is 0 Å². The molecule has 0 N–H and O–H groups in total. The van der Waals surface area contributed by atoms with Gasteiger partial charge < -0.3 is 0 Å². The van der Waals surface area contributed by atoms with Gasteiger partial charge in [0, 0.05) is 0 Å². The summed E-state index contributed by atoms with van der Waals surface area (Å²) in [6, 6.07) is 28.1. The van der Waals surface area contributed by atoms with Crippen molar-refractivity contribution < 1.29 is 0 Å². The Kier molecular flexibility index (Phi) is 5.15. The van der Waals surface area contributed by atoms with Crippen LogP contribution in [0, 0.1) is 27.7 Å². The molecule has 0 unspecified atom stereocenters. The fourth-order valence-corrected chi connectivity index (χ4v) is 4.14. The molecule has 2 radical (unpaired) electrons. The summed E-state index contributed by atoms with van der Waals surface area (Å²) in [6.45, 7) is 8.62. The van der Waals surface area contributed by atoms with Crippen molar-refractivity contribution in [1.29, 1.82) is 0 Å². The van der Waals surface area contributed by atoms with Gasteiger partial charge in [-0.05, 0) is 90.4 Å². The number of rotatable bonds is 3. The molecule has 0 aliphatic carbocycles. The molecule has 0 saturated heterocycles. The van der Waals surface area contributed by atoms with E-state index in [-0.39, 0.29) is 0 Å². The Morgan fingerprint density at radius 2 is 0.828 bits per heavy atom. The molecule has 0 aliphatic heterocycles. The van der Waals surface area contributed by atoms with Crippen LogP contribution in [0.1, 0.15) is 22.3 Å². The third-order valence-corrected chi connectivity index (χ3v) is 6.12. The third-order valence-electron chi connectivity index (χ3n) is 6.12. The van der Waals surface area contributed by atoms with Crippen molar-refractivity contribution in [2.45, 2.75) is 27.7 Å². The maximum atomic E-state index is 6.37. The lowest BCUT2D eigenvalue weighted by Crippen LogP contribution is -2.16. The molecule has 0 fully saturated rings. The van der Waals surface area contributed by atoms with E-state index in [4.69, 9.17) is 7.85 Å². The molecular weight excluding hydrogens is 347 g/mol. The lowest BCUT2D eigenvalue weighted by molar-refractivity contribution is 1.27. The molecule has 0 aliphatic rings. The highest BCUT2D eigenvalue weighted by Crippen LogP contribution is 2.36. The van der Waals surface area contributed by atoms with Crippen molar-refractivity contribution in [1.82, 2.24) is 0 Å². The minimum Gasteiger partial charge on any atom is -0.0904 e. The van der Waals surface area contributed by atoms with Crippen LogP contribution < -0.4 is 5.46 Å². The van der Waals surface area contributed by atoms with E-state index in [1.54, 1.807) is 0 Å². The molecular formula is C28H25B. The lowest BCUT2D eigenvalue weighted by atomic mass is 9.78. The summed E-state index contributed by atoms with van der Waals surface area (Å²) in [5.74, 6) is 0. The van der Waals surface area contributed by atoms with E-state index in [2.05, 4.69) is 107 Å². The molecule has 0 heterocycles. The van der Waals surface area contributed by atoms with Gasteiger partial charge in [-0.1, -0.05) is 77.3 Å². The Balaban J connectivity index is 2.02. The van der Waals surface area contributed by atoms with Crippen LogP contribution in [0.3, 0.4) is 0 Å². The maximum absolute atomic E-state index is 6.37. The number of benzene rings is 4. The highest BCUT2D eigenvalue weighted by atomic mass is 14.2. The molecule has 0 nitrogen and oxygen atoms in total. The highest BCUT2D eigenvalue weighted by molar-refractivity contribution is 6.34. The average Bonchev–Trinajstić information content (AvgIpc) is 2.77. The van der Waals surface area contributed by atoms with Crippen molar-refractivity contribution in [2.24, 2.45) is 0 Å². The Hall–Kier alpha value is -3.06. The van der Waals surface area contributed by atoms with Gasteiger partial charge in [-0.2, -0.15) is 0 Å². The van der Waals surface area contributed by atoms with Crippen molar-refractivity contribution in [2.75, 3.05) is 0 Å². The van der Waals surface area contributed by atoms with E-state index >= 15 is 0 Å². The Morgan fingerprint density at radius 3 is 1.24 bits per heavy atom. The van der Waals surface area contributed by atoms with Crippen LogP contribution in [0.4, 0.5) is 0 Å². The van der Waals surface area contributed by atoms with Crippen molar-refractivity contribution in [3.8, 4) is 33.4 Å². The molecule has 0 amide bonds. The zero-order chi connectivity index (χ0) is 20.5. The van der Waals surface area contributed by atoms with E-state index in [1.165, 1.54) is 55.6 Å². The van der Waals surface area contributed by atoms with Crippen LogP contribution in [-0.4, -0.2) is 7.85 Å². The van der Waals surface area contributed by atoms with Gasteiger partial charge in [0.25, 0.3) is 0 Å². The van der Waals surface area contributed by atoms with E-state index in [1.807, 2.05) is 0 Å². The summed E-state index contributed by atoms with van der Waals surface area (Å²) in [6.07, 6.45) is 0. The topological polar surface area (TPSA) is 0 Å². The zero-order valence-electron chi connectivity index (χ0n) is 17.6. The van der Waals surface area contributed by atoms with Crippen molar-refractivity contribution in [3.05, 3.63) is 101 Å². The first-order chi connectivity index (χ1) is 14.0. The SMILES string of the molecule is [B]c1c(C)c(C)c(-c2cc(-c3ccccc3)cc(-c3ccccc3)c2)c(C)c1C. The first-order valence-electron chi connectivity index (χ1n) is 10.1. The molecule has 0 aromatic heterocycles. The molecule has 4 aromatic carbocycles. The van der Waals surface area contributed by atoms with Crippen LogP contribution in [0.25, 0.3) is 33.4 Å². The molecule has 0 spiro atoms. The van der Waals surface area contributed by atoms with Crippen molar-refractivity contribution >= 4 is 13.3 Å². The van der Waals surface area contributed by atoms with Gasteiger partial charge in [-0.15, -0.1) is 0 Å². The van der Waals surface area contributed by atoms with Gasteiger partial charge in [0.2, 0.25) is 0 Å². The fourth-order valence-electron chi connectivity index (χ4n) is 4.14. The van der Waals surface area contributed by atoms with E-state index in [0.29, 0.717) is 0 Å². The summed E-state index contributed by atoms with van der Waals surface area (Å²) in [5.41, 5.74) is 13.2.